The Morgan fingerprint density at radius 3 is 1.14 bits per heavy atom. The van der Waals surface area contributed by atoms with Gasteiger partial charge in [-0.2, -0.15) is 0 Å². The molecule has 0 spiro atoms. The molecular formula is C68H112N6O12S2. The number of aliphatic hydroxyl groups is 2. The Labute approximate surface area is 531 Å². The van der Waals surface area contributed by atoms with E-state index in [9.17, 15) is 28.4 Å². The van der Waals surface area contributed by atoms with Crippen molar-refractivity contribution in [2.24, 2.45) is 0 Å². The van der Waals surface area contributed by atoms with Crippen LogP contribution in [0.5, 0.6) is 11.5 Å². The number of rotatable bonds is 43. The van der Waals surface area contributed by atoms with Crippen LogP contribution in [0, 0.1) is 0 Å². The Bertz CT molecular complexity index is 2430. The Hall–Kier alpha value is -3.78. The van der Waals surface area contributed by atoms with Crippen molar-refractivity contribution in [1.29, 1.82) is 0 Å². The van der Waals surface area contributed by atoms with Gasteiger partial charge in [0.2, 0.25) is 0 Å². The highest BCUT2D eigenvalue weighted by atomic mass is 32.3. The van der Waals surface area contributed by atoms with E-state index in [0.29, 0.717) is 124 Å². The highest BCUT2D eigenvalue weighted by Gasteiger charge is 2.51. The first-order chi connectivity index (χ1) is 42.5. The Morgan fingerprint density at radius 2 is 0.784 bits per heavy atom. The molecule has 2 aliphatic rings. The maximum Gasteiger partial charge on any atom is 0.119 e. The first-order valence-corrected chi connectivity index (χ1v) is 35.9. The second-order valence-electron chi connectivity index (χ2n) is 24.3. The van der Waals surface area contributed by atoms with Crippen LogP contribution in [0.4, 0.5) is 11.4 Å². The zero-order valence-corrected chi connectivity index (χ0v) is 56.1. The van der Waals surface area contributed by atoms with Crippen molar-refractivity contribution in [2.45, 2.75) is 175 Å². The lowest BCUT2D eigenvalue weighted by Crippen LogP contribution is -2.55. The molecule has 2 heterocycles. The SMILES string of the molecule is CCCCC1(CCCC)NS(O)(O)c2ccc(N(C)C)cc2[C@H](c2cccc(OCCOCCOCCNCCCCCCNCCOCCOCCOc3cccc([C@H]4c5cc(N(C)C)ccc5S(O)(O)NC(CCCC)(CCCC)[C@H]4O)c3)c2)[C@@H]1O. The number of fused-ring (bicyclic) bond motifs is 2. The number of hydrogen-bond acceptors (Lipinski definition) is 18. The van der Waals surface area contributed by atoms with E-state index in [0.717, 1.165) is 113 Å². The minimum Gasteiger partial charge on any atom is -0.491 e. The van der Waals surface area contributed by atoms with Crippen molar-refractivity contribution in [3.8, 4) is 11.5 Å². The molecule has 6 rings (SSSR count). The number of unbranched alkanes of at least 4 members (excludes halogenated alkanes) is 7. The smallest absolute Gasteiger partial charge is 0.119 e. The van der Waals surface area contributed by atoms with Gasteiger partial charge in [0.15, 0.2) is 0 Å². The zero-order valence-electron chi connectivity index (χ0n) is 54.4. The molecule has 0 bridgehead atoms. The lowest BCUT2D eigenvalue weighted by atomic mass is 9.73. The van der Waals surface area contributed by atoms with Gasteiger partial charge in [-0.1, -0.05) is 116 Å². The number of hydrogen-bond donors (Lipinski definition) is 10. The summed E-state index contributed by atoms with van der Waals surface area (Å²) < 4.78 is 89.3. The van der Waals surface area contributed by atoms with Gasteiger partial charge in [0.05, 0.1) is 85.9 Å². The first-order valence-electron chi connectivity index (χ1n) is 32.8. The Kier molecular flexibility index (Phi) is 31.4. The number of nitrogens with zero attached hydrogens (tertiary/aromatic N) is 2. The summed E-state index contributed by atoms with van der Waals surface area (Å²) in [5, 5.41) is 32.0. The number of nitrogens with one attached hydrogen (secondary N) is 4. The summed E-state index contributed by atoms with van der Waals surface area (Å²) in [6, 6.07) is 27.0. The van der Waals surface area contributed by atoms with Crippen molar-refractivity contribution in [1.82, 2.24) is 20.1 Å². The monoisotopic (exact) mass is 1270 g/mol. The molecule has 88 heavy (non-hydrogen) atoms. The second kappa shape index (κ2) is 37.7. The molecule has 0 radical (unpaired) electrons. The standard InChI is InChI=1S/C68H112N6O12S2/c1-9-13-31-67(32-14-10-2)65(75)63(59-51-55(73(5)6)27-29-61(59)87(77,78)71-67)53-23-21-25-57(49-53)85-47-45-83-43-41-81-39-37-69-35-19-17-18-20-36-70-38-40-82-42-44-84-46-48-86-58-26-22-24-54(50-58)64-60-52-56(74(7)8)28-30-62(60)88(79,80)72-68(66(64)76,33-15-11-3)34-16-12-4/h21-30,49-52,63-66,69-72,75-80H,9-20,31-48H2,1-8H3/t63-,64-,65-,66-/m0/s1. The molecule has 0 aliphatic carbocycles. The number of benzene rings is 4. The van der Waals surface area contributed by atoms with E-state index >= 15 is 0 Å². The first kappa shape index (κ1) is 73.3. The Morgan fingerprint density at radius 1 is 0.432 bits per heavy atom. The summed E-state index contributed by atoms with van der Waals surface area (Å²) >= 11 is 0. The van der Waals surface area contributed by atoms with Gasteiger partial charge in [-0.3, -0.25) is 18.2 Å². The molecule has 498 valence electrons. The molecule has 20 heteroatoms. The molecule has 4 aromatic rings. The molecule has 2 aliphatic heterocycles. The van der Waals surface area contributed by atoms with Crippen LogP contribution in [0.3, 0.4) is 0 Å². The highest BCUT2D eigenvalue weighted by molar-refractivity contribution is 8.23. The molecule has 0 amide bonds. The van der Waals surface area contributed by atoms with Crippen molar-refractivity contribution < 1.29 is 56.8 Å². The molecule has 0 saturated heterocycles. The average molecular weight is 1270 g/mol. The largest absolute Gasteiger partial charge is 0.491 e. The Balaban J connectivity index is 0.785. The van der Waals surface area contributed by atoms with Gasteiger partial charge in [-0.15, -0.1) is 21.6 Å². The maximum atomic E-state index is 12.5. The van der Waals surface area contributed by atoms with Gasteiger partial charge < -0.3 is 59.1 Å². The van der Waals surface area contributed by atoms with Crippen molar-refractivity contribution in [3.05, 3.63) is 107 Å². The third-order valence-electron chi connectivity index (χ3n) is 17.1. The average Bonchev–Trinajstić information content (AvgIpc) is 1.68. The molecule has 0 fully saturated rings. The van der Waals surface area contributed by atoms with Crippen LogP contribution in [-0.2, 0) is 18.9 Å². The van der Waals surface area contributed by atoms with Crippen LogP contribution in [-0.4, -0.2) is 172 Å². The van der Waals surface area contributed by atoms with Gasteiger partial charge in [0.25, 0.3) is 0 Å². The molecule has 4 atom stereocenters. The van der Waals surface area contributed by atoms with E-state index < -0.39 is 56.7 Å². The fourth-order valence-electron chi connectivity index (χ4n) is 12.2. The van der Waals surface area contributed by atoms with Gasteiger partial charge >= 0.3 is 0 Å². The number of aliphatic hydroxyl groups excluding tert-OH is 2. The van der Waals surface area contributed by atoms with Crippen LogP contribution >= 0.6 is 21.6 Å². The minimum atomic E-state index is -3.44. The van der Waals surface area contributed by atoms with Crippen molar-refractivity contribution in [3.63, 3.8) is 0 Å². The van der Waals surface area contributed by atoms with E-state index in [2.05, 4.69) is 47.8 Å². The molecule has 0 unspecified atom stereocenters. The summed E-state index contributed by atoms with van der Waals surface area (Å²) in [6.45, 7) is 16.6. The van der Waals surface area contributed by atoms with E-state index in [1.807, 2.05) is 111 Å². The van der Waals surface area contributed by atoms with Gasteiger partial charge in [-0.25, -0.2) is 9.44 Å². The van der Waals surface area contributed by atoms with Crippen molar-refractivity contribution in [2.75, 3.05) is 130 Å². The lowest BCUT2D eigenvalue weighted by Gasteiger charge is -2.45. The third-order valence-corrected chi connectivity index (χ3v) is 20.5. The maximum absolute atomic E-state index is 12.5. The number of ether oxygens (including phenoxy) is 6. The molecule has 10 N–H and O–H groups in total. The summed E-state index contributed by atoms with van der Waals surface area (Å²) in [6.07, 6.45) is 12.2. The summed E-state index contributed by atoms with van der Waals surface area (Å²) in [4.78, 5) is 4.82. The molecule has 0 saturated carbocycles. The fourth-order valence-corrected chi connectivity index (χ4v) is 15.8. The predicted octanol–water partition coefficient (Wildman–Crippen LogP) is 12.6. The molecule has 0 aromatic heterocycles. The van der Waals surface area contributed by atoms with Crippen LogP contribution in [0.2, 0.25) is 0 Å². The van der Waals surface area contributed by atoms with Crippen LogP contribution < -0.4 is 39.4 Å². The van der Waals surface area contributed by atoms with Crippen LogP contribution in [0.1, 0.15) is 165 Å². The van der Waals surface area contributed by atoms with E-state index in [1.54, 1.807) is 12.1 Å². The second-order valence-corrected chi connectivity index (χ2v) is 27.8. The highest BCUT2D eigenvalue weighted by Crippen LogP contribution is 2.59. The normalized spacial score (nSPS) is 19.8. The molecule has 4 aromatic carbocycles. The van der Waals surface area contributed by atoms with Crippen molar-refractivity contribution >= 4 is 32.9 Å². The molecular weight excluding hydrogens is 1160 g/mol. The summed E-state index contributed by atoms with van der Waals surface area (Å²) in [5.74, 6) is 0.264. The topological polar surface area (TPSA) is 231 Å². The third kappa shape index (κ3) is 21.4. The fraction of sp³-hybridized carbons (Fsp3) is 0.647. The quantitative estimate of drug-likeness (QED) is 0.0186. The zero-order chi connectivity index (χ0) is 63.4. The summed E-state index contributed by atoms with van der Waals surface area (Å²) in [7, 11) is 0.953. The minimum absolute atomic E-state index is 0.351. The summed E-state index contributed by atoms with van der Waals surface area (Å²) in [5.41, 5.74) is 3.14. The van der Waals surface area contributed by atoms with Gasteiger partial charge in [0.1, 0.15) is 24.7 Å². The van der Waals surface area contributed by atoms with E-state index in [4.69, 9.17) is 28.4 Å². The lowest BCUT2D eigenvalue weighted by molar-refractivity contribution is 0.0371. The molecule has 18 nitrogen and oxygen atoms in total. The number of anilines is 2. The van der Waals surface area contributed by atoms with Crippen LogP contribution in [0.15, 0.2) is 94.7 Å². The van der Waals surface area contributed by atoms with Crippen LogP contribution in [0.25, 0.3) is 0 Å². The van der Waals surface area contributed by atoms with Gasteiger partial charge in [0, 0.05) is 64.5 Å². The predicted molar refractivity (Wildman–Crippen MR) is 361 cm³/mol. The van der Waals surface area contributed by atoms with Gasteiger partial charge in [-0.05, 0) is 135 Å². The van der Waals surface area contributed by atoms with E-state index in [1.165, 1.54) is 12.8 Å². The van der Waals surface area contributed by atoms with E-state index in [-0.39, 0.29) is 0 Å².